The van der Waals surface area contributed by atoms with E-state index in [1.807, 2.05) is 12.1 Å². The highest BCUT2D eigenvalue weighted by atomic mass is 16.7. The van der Waals surface area contributed by atoms with E-state index in [0.717, 1.165) is 25.3 Å². The molecule has 1 aromatic heterocycles. The van der Waals surface area contributed by atoms with Gasteiger partial charge < -0.3 is 19.6 Å². The molecule has 0 aliphatic rings. The molecular formula is C13H24N2O3. The van der Waals surface area contributed by atoms with Crippen LogP contribution in [0.4, 0.5) is 0 Å². The molecule has 104 valence electrons. The third-order valence-electron chi connectivity index (χ3n) is 3.12. The summed E-state index contributed by atoms with van der Waals surface area (Å²) in [5.41, 5.74) is 5.85. The number of ether oxygens (including phenoxy) is 2. The summed E-state index contributed by atoms with van der Waals surface area (Å²) in [6.45, 7) is 4.34. The van der Waals surface area contributed by atoms with Gasteiger partial charge >= 0.3 is 0 Å². The minimum Gasteiger partial charge on any atom is -0.468 e. The number of nitrogens with zero attached hydrogens (tertiary/aromatic N) is 1. The van der Waals surface area contributed by atoms with Crippen LogP contribution in [-0.4, -0.2) is 44.5 Å². The fourth-order valence-corrected chi connectivity index (χ4v) is 2.01. The maximum Gasteiger partial charge on any atom is 0.158 e. The summed E-state index contributed by atoms with van der Waals surface area (Å²) in [6.07, 6.45) is 2.22. The number of hydrogen-bond donors (Lipinski definition) is 1. The first kappa shape index (κ1) is 15.2. The molecule has 1 heterocycles. The molecule has 0 bridgehead atoms. The van der Waals surface area contributed by atoms with E-state index in [-0.39, 0.29) is 12.3 Å². The SMILES string of the molecule is CCN(Cc1ccco1)C(CN)CC(OC)OC. The van der Waals surface area contributed by atoms with Crippen LogP contribution in [0.2, 0.25) is 0 Å². The quantitative estimate of drug-likeness (QED) is 0.677. The van der Waals surface area contributed by atoms with Gasteiger partial charge in [-0.25, -0.2) is 0 Å². The summed E-state index contributed by atoms with van der Waals surface area (Å²) in [6, 6.07) is 4.08. The van der Waals surface area contributed by atoms with Gasteiger partial charge in [-0.15, -0.1) is 0 Å². The van der Waals surface area contributed by atoms with E-state index in [1.165, 1.54) is 0 Å². The van der Waals surface area contributed by atoms with Crippen molar-refractivity contribution in [1.82, 2.24) is 4.90 Å². The first-order valence-electron chi connectivity index (χ1n) is 6.27. The van der Waals surface area contributed by atoms with Crippen LogP contribution in [0.25, 0.3) is 0 Å². The summed E-state index contributed by atoms with van der Waals surface area (Å²) >= 11 is 0. The summed E-state index contributed by atoms with van der Waals surface area (Å²) in [4.78, 5) is 2.27. The molecule has 0 radical (unpaired) electrons. The van der Waals surface area contributed by atoms with Crippen molar-refractivity contribution < 1.29 is 13.9 Å². The number of likely N-dealkylation sites (N-methyl/N-ethyl adjacent to an activating group) is 1. The Kier molecular flexibility index (Phi) is 6.97. The molecule has 1 unspecified atom stereocenters. The monoisotopic (exact) mass is 256 g/mol. The van der Waals surface area contributed by atoms with E-state index in [0.29, 0.717) is 6.54 Å². The number of rotatable bonds is 9. The van der Waals surface area contributed by atoms with E-state index in [1.54, 1.807) is 20.5 Å². The Labute approximate surface area is 109 Å². The number of hydrogen-bond acceptors (Lipinski definition) is 5. The van der Waals surface area contributed by atoms with E-state index in [2.05, 4.69) is 11.8 Å². The molecule has 0 aromatic carbocycles. The first-order chi connectivity index (χ1) is 8.74. The average Bonchev–Trinajstić information content (AvgIpc) is 2.91. The van der Waals surface area contributed by atoms with Crippen LogP contribution < -0.4 is 5.73 Å². The van der Waals surface area contributed by atoms with Crippen LogP contribution in [0.5, 0.6) is 0 Å². The minimum absolute atomic E-state index is 0.213. The number of nitrogens with two attached hydrogens (primary N) is 1. The minimum atomic E-state index is -0.218. The third-order valence-corrected chi connectivity index (χ3v) is 3.12. The molecule has 0 aliphatic carbocycles. The summed E-state index contributed by atoms with van der Waals surface area (Å²) in [5, 5.41) is 0. The smallest absolute Gasteiger partial charge is 0.158 e. The summed E-state index contributed by atoms with van der Waals surface area (Å²) in [7, 11) is 3.29. The molecule has 1 rings (SSSR count). The Morgan fingerprint density at radius 1 is 1.39 bits per heavy atom. The van der Waals surface area contributed by atoms with E-state index in [9.17, 15) is 0 Å². The third kappa shape index (κ3) is 4.42. The maximum atomic E-state index is 5.85. The van der Waals surface area contributed by atoms with E-state index >= 15 is 0 Å². The lowest BCUT2D eigenvalue weighted by atomic mass is 10.1. The van der Waals surface area contributed by atoms with Crippen molar-refractivity contribution in [3.63, 3.8) is 0 Å². The molecule has 5 heteroatoms. The van der Waals surface area contributed by atoms with Gasteiger partial charge in [-0.2, -0.15) is 0 Å². The summed E-state index contributed by atoms with van der Waals surface area (Å²) in [5.74, 6) is 0.946. The average molecular weight is 256 g/mol. The predicted octanol–water partition coefficient (Wildman–Crippen LogP) is 1.44. The fourth-order valence-electron chi connectivity index (χ4n) is 2.01. The molecule has 0 spiro atoms. The largest absolute Gasteiger partial charge is 0.468 e. The second-order valence-electron chi connectivity index (χ2n) is 4.17. The highest BCUT2D eigenvalue weighted by Crippen LogP contribution is 2.13. The fraction of sp³-hybridized carbons (Fsp3) is 0.692. The van der Waals surface area contributed by atoms with Gasteiger partial charge in [0.2, 0.25) is 0 Å². The summed E-state index contributed by atoms with van der Waals surface area (Å²) < 4.78 is 15.8. The molecule has 2 N–H and O–H groups in total. The molecule has 0 saturated carbocycles. The van der Waals surface area contributed by atoms with Gasteiger partial charge in [-0.3, -0.25) is 4.90 Å². The van der Waals surface area contributed by atoms with Crippen LogP contribution in [0.3, 0.4) is 0 Å². The lowest BCUT2D eigenvalue weighted by Gasteiger charge is -2.31. The van der Waals surface area contributed by atoms with Gasteiger partial charge in [0.05, 0.1) is 12.8 Å². The first-order valence-corrected chi connectivity index (χ1v) is 6.27. The molecule has 1 atom stereocenters. The van der Waals surface area contributed by atoms with Crippen molar-refractivity contribution in [2.45, 2.75) is 32.2 Å². The normalized spacial score (nSPS) is 13.4. The Bertz CT molecular complexity index is 299. The zero-order valence-corrected chi connectivity index (χ0v) is 11.5. The van der Waals surface area contributed by atoms with E-state index in [4.69, 9.17) is 19.6 Å². The van der Waals surface area contributed by atoms with Crippen molar-refractivity contribution in [2.24, 2.45) is 5.73 Å². The van der Waals surface area contributed by atoms with Gasteiger partial charge in [0.25, 0.3) is 0 Å². The highest BCUT2D eigenvalue weighted by molar-refractivity contribution is 4.98. The second kappa shape index (κ2) is 8.26. The lowest BCUT2D eigenvalue weighted by Crippen LogP contribution is -2.42. The van der Waals surface area contributed by atoms with Crippen LogP contribution >= 0.6 is 0 Å². The molecule has 18 heavy (non-hydrogen) atoms. The molecule has 0 saturated heterocycles. The molecule has 0 fully saturated rings. The molecule has 5 nitrogen and oxygen atoms in total. The van der Waals surface area contributed by atoms with Crippen molar-refractivity contribution in [2.75, 3.05) is 27.3 Å². The lowest BCUT2D eigenvalue weighted by molar-refractivity contribution is -0.117. The Morgan fingerprint density at radius 3 is 2.56 bits per heavy atom. The number of furan rings is 1. The van der Waals surface area contributed by atoms with Gasteiger partial charge in [0.15, 0.2) is 6.29 Å². The maximum absolute atomic E-state index is 5.85. The van der Waals surface area contributed by atoms with Gasteiger partial charge in [-0.05, 0) is 18.7 Å². The van der Waals surface area contributed by atoms with Crippen molar-refractivity contribution >= 4 is 0 Å². The Balaban J connectivity index is 2.59. The highest BCUT2D eigenvalue weighted by Gasteiger charge is 2.21. The van der Waals surface area contributed by atoms with Crippen molar-refractivity contribution in [1.29, 1.82) is 0 Å². The van der Waals surface area contributed by atoms with Crippen molar-refractivity contribution in [3.05, 3.63) is 24.2 Å². The van der Waals surface area contributed by atoms with Gasteiger partial charge in [0, 0.05) is 33.2 Å². The van der Waals surface area contributed by atoms with E-state index < -0.39 is 0 Å². The zero-order valence-electron chi connectivity index (χ0n) is 11.5. The van der Waals surface area contributed by atoms with Gasteiger partial charge in [-0.1, -0.05) is 6.92 Å². The molecule has 1 aromatic rings. The number of methoxy groups -OCH3 is 2. The van der Waals surface area contributed by atoms with Crippen LogP contribution in [0.15, 0.2) is 22.8 Å². The molecule has 0 amide bonds. The topological polar surface area (TPSA) is 60.9 Å². The molecular weight excluding hydrogens is 232 g/mol. The van der Waals surface area contributed by atoms with Crippen LogP contribution in [0.1, 0.15) is 19.1 Å². The second-order valence-corrected chi connectivity index (χ2v) is 4.17. The Morgan fingerprint density at radius 2 is 2.11 bits per heavy atom. The molecule has 0 aliphatic heterocycles. The zero-order chi connectivity index (χ0) is 13.4. The predicted molar refractivity (Wildman–Crippen MR) is 70.1 cm³/mol. The van der Waals surface area contributed by atoms with Crippen molar-refractivity contribution in [3.8, 4) is 0 Å². The standard InChI is InChI=1S/C13H24N2O3/c1-4-15(10-12-6-5-7-18-12)11(9-14)8-13(16-2)17-3/h5-7,11,13H,4,8-10,14H2,1-3H3. The van der Waals surface area contributed by atoms with Crippen LogP contribution in [-0.2, 0) is 16.0 Å². The Hall–Kier alpha value is -0.880. The van der Waals surface area contributed by atoms with Crippen LogP contribution in [0, 0.1) is 0 Å². The van der Waals surface area contributed by atoms with Gasteiger partial charge in [0.1, 0.15) is 5.76 Å².